The standard InChI is InChI=1S/C24H21FN2O/c25-17-10-11-21-20(14-17)18-12-13-26-23(24(18)27-21)19-8-4-5-9-22(19)28-15-16-6-2-1-3-7-16/h1-11,14,23,26-27H,12-13,15H2. The molecule has 3 nitrogen and oxygen atoms in total. The Balaban J connectivity index is 1.52. The van der Waals surface area contributed by atoms with Crippen molar-refractivity contribution in [2.45, 2.75) is 19.1 Å². The van der Waals surface area contributed by atoms with Crippen LogP contribution in [0.5, 0.6) is 5.75 Å². The molecule has 0 aliphatic carbocycles. The van der Waals surface area contributed by atoms with Crippen molar-refractivity contribution in [3.05, 3.63) is 101 Å². The van der Waals surface area contributed by atoms with Crippen molar-refractivity contribution in [3.63, 3.8) is 0 Å². The summed E-state index contributed by atoms with van der Waals surface area (Å²) in [5.41, 5.74) is 5.49. The van der Waals surface area contributed by atoms with Crippen LogP contribution in [0.4, 0.5) is 4.39 Å². The summed E-state index contributed by atoms with van der Waals surface area (Å²) in [5.74, 6) is 0.664. The molecule has 0 saturated heterocycles. The highest BCUT2D eigenvalue weighted by molar-refractivity contribution is 5.85. The smallest absolute Gasteiger partial charge is 0.124 e. The zero-order chi connectivity index (χ0) is 18.9. The average Bonchev–Trinajstić information content (AvgIpc) is 3.11. The molecule has 4 heteroatoms. The Hall–Kier alpha value is -3.11. The molecular weight excluding hydrogens is 351 g/mol. The zero-order valence-corrected chi connectivity index (χ0v) is 15.4. The Morgan fingerprint density at radius 2 is 1.79 bits per heavy atom. The van der Waals surface area contributed by atoms with Crippen LogP contribution >= 0.6 is 0 Å². The lowest BCUT2D eigenvalue weighted by Crippen LogP contribution is -2.30. The molecule has 0 bridgehead atoms. The molecule has 3 aromatic carbocycles. The monoisotopic (exact) mass is 372 g/mol. The van der Waals surface area contributed by atoms with Gasteiger partial charge in [0.1, 0.15) is 18.2 Å². The third-order valence-corrected chi connectivity index (χ3v) is 5.38. The molecule has 0 spiro atoms. The molecule has 0 fully saturated rings. The normalized spacial score (nSPS) is 16.1. The van der Waals surface area contributed by atoms with Gasteiger partial charge in [-0.1, -0.05) is 48.5 Å². The summed E-state index contributed by atoms with van der Waals surface area (Å²) in [6, 6.07) is 23.2. The van der Waals surface area contributed by atoms with Crippen LogP contribution in [-0.4, -0.2) is 11.5 Å². The lowest BCUT2D eigenvalue weighted by atomic mass is 9.94. The number of aromatic nitrogens is 1. The number of ether oxygens (including phenoxy) is 1. The van der Waals surface area contributed by atoms with E-state index in [0.29, 0.717) is 6.61 Å². The molecule has 0 saturated carbocycles. The minimum atomic E-state index is -0.198. The second kappa shape index (κ2) is 7.13. The minimum Gasteiger partial charge on any atom is -0.489 e. The lowest BCUT2D eigenvalue weighted by molar-refractivity contribution is 0.300. The van der Waals surface area contributed by atoms with Crippen LogP contribution in [-0.2, 0) is 13.0 Å². The first-order valence-electron chi connectivity index (χ1n) is 9.58. The number of rotatable bonds is 4. The number of aromatic amines is 1. The number of para-hydroxylation sites is 1. The molecule has 0 radical (unpaired) electrons. The van der Waals surface area contributed by atoms with Crippen LogP contribution in [0, 0.1) is 5.82 Å². The van der Waals surface area contributed by atoms with E-state index in [1.165, 1.54) is 11.6 Å². The van der Waals surface area contributed by atoms with E-state index in [0.717, 1.165) is 46.4 Å². The number of fused-ring (bicyclic) bond motifs is 3. The van der Waals surface area contributed by atoms with Crippen LogP contribution < -0.4 is 10.1 Å². The predicted molar refractivity (Wildman–Crippen MR) is 109 cm³/mol. The first-order chi connectivity index (χ1) is 13.8. The molecule has 2 N–H and O–H groups in total. The molecule has 1 aliphatic heterocycles. The van der Waals surface area contributed by atoms with Gasteiger partial charge in [0.2, 0.25) is 0 Å². The second-order valence-electron chi connectivity index (χ2n) is 7.16. The Morgan fingerprint density at radius 3 is 2.68 bits per heavy atom. The lowest BCUT2D eigenvalue weighted by Gasteiger charge is -2.26. The predicted octanol–water partition coefficient (Wildman–Crippen LogP) is 5.12. The molecular formula is C24H21FN2O. The summed E-state index contributed by atoms with van der Waals surface area (Å²) in [7, 11) is 0. The van der Waals surface area contributed by atoms with E-state index in [2.05, 4.69) is 28.5 Å². The Morgan fingerprint density at radius 1 is 0.964 bits per heavy atom. The molecule has 1 unspecified atom stereocenters. The van der Waals surface area contributed by atoms with Crippen molar-refractivity contribution >= 4 is 10.9 Å². The minimum absolute atomic E-state index is 0.00816. The third kappa shape index (κ3) is 3.06. The van der Waals surface area contributed by atoms with Gasteiger partial charge in [-0.2, -0.15) is 0 Å². The van der Waals surface area contributed by atoms with Crippen molar-refractivity contribution < 1.29 is 9.13 Å². The van der Waals surface area contributed by atoms with Crippen LogP contribution in [0.3, 0.4) is 0 Å². The van der Waals surface area contributed by atoms with Gasteiger partial charge in [-0.3, -0.25) is 0 Å². The largest absolute Gasteiger partial charge is 0.489 e. The summed E-state index contributed by atoms with van der Waals surface area (Å²) in [6.45, 7) is 1.36. The number of nitrogens with one attached hydrogen (secondary N) is 2. The van der Waals surface area contributed by atoms with Crippen molar-refractivity contribution in [2.24, 2.45) is 0 Å². The molecule has 1 atom stereocenters. The summed E-state index contributed by atoms with van der Waals surface area (Å²) >= 11 is 0. The number of hydrogen-bond donors (Lipinski definition) is 2. The fourth-order valence-corrected chi connectivity index (χ4v) is 4.05. The van der Waals surface area contributed by atoms with Crippen LogP contribution in [0.1, 0.15) is 28.4 Å². The Kier molecular flexibility index (Phi) is 4.34. The fraction of sp³-hybridized carbons (Fsp3) is 0.167. The number of H-pyrrole nitrogens is 1. The number of hydrogen-bond acceptors (Lipinski definition) is 2. The van der Waals surface area contributed by atoms with Gasteiger partial charge in [-0.05, 0) is 41.8 Å². The van der Waals surface area contributed by atoms with Gasteiger partial charge in [0.15, 0.2) is 0 Å². The maximum absolute atomic E-state index is 13.8. The van der Waals surface area contributed by atoms with Crippen molar-refractivity contribution in [2.75, 3.05) is 6.54 Å². The van der Waals surface area contributed by atoms with Gasteiger partial charge in [-0.25, -0.2) is 4.39 Å². The van der Waals surface area contributed by atoms with E-state index in [9.17, 15) is 4.39 Å². The maximum atomic E-state index is 13.8. The molecule has 2 heterocycles. The van der Waals surface area contributed by atoms with Crippen LogP contribution in [0.15, 0.2) is 72.8 Å². The molecule has 1 aliphatic rings. The summed E-state index contributed by atoms with van der Waals surface area (Å²) < 4.78 is 20.0. The average molecular weight is 372 g/mol. The topological polar surface area (TPSA) is 37.0 Å². The summed E-state index contributed by atoms with van der Waals surface area (Å²) in [4.78, 5) is 3.51. The Labute approximate surface area is 163 Å². The first kappa shape index (κ1) is 17.0. The molecule has 4 aromatic rings. The maximum Gasteiger partial charge on any atom is 0.124 e. The number of halogens is 1. The highest BCUT2D eigenvalue weighted by atomic mass is 19.1. The van der Waals surface area contributed by atoms with E-state index in [-0.39, 0.29) is 11.9 Å². The first-order valence-corrected chi connectivity index (χ1v) is 9.58. The second-order valence-corrected chi connectivity index (χ2v) is 7.16. The Bertz CT molecular complexity index is 1120. The molecule has 140 valence electrons. The summed E-state index contributed by atoms with van der Waals surface area (Å²) in [6.07, 6.45) is 0.877. The van der Waals surface area contributed by atoms with Crippen molar-refractivity contribution in [1.82, 2.24) is 10.3 Å². The van der Waals surface area contributed by atoms with Gasteiger partial charge in [0, 0.05) is 28.7 Å². The highest BCUT2D eigenvalue weighted by Gasteiger charge is 2.27. The van der Waals surface area contributed by atoms with Crippen LogP contribution in [0.2, 0.25) is 0 Å². The van der Waals surface area contributed by atoms with E-state index in [1.807, 2.05) is 42.5 Å². The van der Waals surface area contributed by atoms with Gasteiger partial charge in [0.05, 0.1) is 6.04 Å². The van der Waals surface area contributed by atoms with Gasteiger partial charge < -0.3 is 15.0 Å². The molecule has 1 aromatic heterocycles. The van der Waals surface area contributed by atoms with E-state index >= 15 is 0 Å². The van der Waals surface area contributed by atoms with Crippen molar-refractivity contribution in [1.29, 1.82) is 0 Å². The van der Waals surface area contributed by atoms with Crippen LogP contribution in [0.25, 0.3) is 10.9 Å². The fourth-order valence-electron chi connectivity index (χ4n) is 4.05. The quantitative estimate of drug-likeness (QED) is 0.522. The van der Waals surface area contributed by atoms with Gasteiger partial charge in [0.25, 0.3) is 0 Å². The van der Waals surface area contributed by atoms with Gasteiger partial charge >= 0.3 is 0 Å². The highest BCUT2D eigenvalue weighted by Crippen LogP contribution is 2.37. The van der Waals surface area contributed by atoms with Gasteiger partial charge in [-0.15, -0.1) is 0 Å². The van der Waals surface area contributed by atoms with E-state index < -0.39 is 0 Å². The summed E-state index contributed by atoms with van der Waals surface area (Å²) in [5, 5.41) is 4.58. The SMILES string of the molecule is Fc1ccc2[nH]c3c(c2c1)CCNC3c1ccccc1OCc1ccccc1. The number of benzene rings is 3. The van der Waals surface area contributed by atoms with Crippen molar-refractivity contribution in [3.8, 4) is 5.75 Å². The zero-order valence-electron chi connectivity index (χ0n) is 15.4. The molecule has 5 rings (SSSR count). The molecule has 0 amide bonds. The van der Waals surface area contributed by atoms with E-state index in [1.54, 1.807) is 6.07 Å². The van der Waals surface area contributed by atoms with E-state index in [4.69, 9.17) is 4.74 Å². The molecule has 28 heavy (non-hydrogen) atoms. The third-order valence-electron chi connectivity index (χ3n) is 5.38.